The molecule has 0 spiro atoms. The molecule has 6 heteroatoms. The molecule has 146 valence electrons. The number of hydrogen-bond acceptors (Lipinski definition) is 5. The number of para-hydroxylation sites is 1. The predicted molar refractivity (Wildman–Crippen MR) is 112 cm³/mol. The van der Waals surface area contributed by atoms with Crippen molar-refractivity contribution in [1.29, 1.82) is 0 Å². The average Bonchev–Trinajstić information content (AvgIpc) is 3.09. The van der Waals surface area contributed by atoms with Gasteiger partial charge in [-0.25, -0.2) is 9.78 Å². The normalized spacial score (nSPS) is 15.0. The second kappa shape index (κ2) is 7.75. The summed E-state index contributed by atoms with van der Waals surface area (Å²) in [6.07, 6.45) is 2.42. The smallest absolute Gasteiger partial charge is 0.337 e. The minimum absolute atomic E-state index is 0.0609. The fourth-order valence-corrected chi connectivity index (χ4v) is 3.60. The molecule has 0 saturated carbocycles. The Labute approximate surface area is 169 Å². The van der Waals surface area contributed by atoms with Gasteiger partial charge in [-0.1, -0.05) is 24.3 Å². The van der Waals surface area contributed by atoms with Crippen molar-refractivity contribution < 1.29 is 14.3 Å². The molecule has 1 unspecified atom stereocenters. The number of nitrogens with one attached hydrogen (secondary N) is 1. The number of fused-ring (bicyclic) bond motifs is 1. The highest BCUT2D eigenvalue weighted by molar-refractivity contribution is 6.07. The van der Waals surface area contributed by atoms with E-state index < -0.39 is 5.97 Å². The maximum atomic E-state index is 13.1. The van der Waals surface area contributed by atoms with Gasteiger partial charge in [0.25, 0.3) is 5.91 Å². The van der Waals surface area contributed by atoms with Gasteiger partial charge < -0.3 is 15.0 Å². The number of esters is 1. The van der Waals surface area contributed by atoms with Gasteiger partial charge in [0.15, 0.2) is 0 Å². The lowest BCUT2D eigenvalue weighted by molar-refractivity contribution is 0.0600. The van der Waals surface area contributed by atoms with Crippen LogP contribution in [0.5, 0.6) is 0 Å². The van der Waals surface area contributed by atoms with Gasteiger partial charge in [0.05, 0.1) is 18.2 Å². The summed E-state index contributed by atoms with van der Waals surface area (Å²) in [5, 5.41) is 3.14. The zero-order chi connectivity index (χ0) is 20.4. The number of methoxy groups -OCH3 is 1. The Hall–Kier alpha value is -3.67. The topological polar surface area (TPSA) is 71.5 Å². The van der Waals surface area contributed by atoms with E-state index in [-0.39, 0.29) is 11.9 Å². The third-order valence-corrected chi connectivity index (χ3v) is 4.99. The minimum Gasteiger partial charge on any atom is -0.465 e. The Balaban J connectivity index is 1.51. The molecule has 0 saturated heterocycles. The number of benzene rings is 2. The molecule has 0 bridgehead atoms. The van der Waals surface area contributed by atoms with E-state index in [2.05, 4.69) is 23.3 Å². The lowest BCUT2D eigenvalue weighted by atomic mass is 10.1. The largest absolute Gasteiger partial charge is 0.465 e. The molecule has 1 atom stereocenters. The highest BCUT2D eigenvalue weighted by Gasteiger charge is 2.31. The predicted octanol–water partition coefficient (Wildman–Crippen LogP) is 4.20. The molecule has 0 radical (unpaired) electrons. The average molecular weight is 387 g/mol. The molecule has 3 aromatic rings. The Morgan fingerprint density at radius 1 is 1.07 bits per heavy atom. The number of ether oxygens (including phenoxy) is 1. The summed E-state index contributed by atoms with van der Waals surface area (Å²) < 4.78 is 4.74. The van der Waals surface area contributed by atoms with Gasteiger partial charge in [-0.2, -0.15) is 0 Å². The molecule has 1 aliphatic heterocycles. The second-order valence-corrected chi connectivity index (χ2v) is 6.99. The van der Waals surface area contributed by atoms with Crippen LogP contribution in [-0.4, -0.2) is 30.0 Å². The van der Waals surface area contributed by atoms with Gasteiger partial charge >= 0.3 is 5.97 Å². The van der Waals surface area contributed by atoms with Crippen LogP contribution in [0.2, 0.25) is 0 Å². The summed E-state index contributed by atoms with van der Waals surface area (Å²) in [4.78, 5) is 30.9. The van der Waals surface area contributed by atoms with Crippen LogP contribution in [0.25, 0.3) is 0 Å². The van der Waals surface area contributed by atoms with Gasteiger partial charge in [0.1, 0.15) is 5.82 Å². The molecule has 2 heterocycles. The monoisotopic (exact) mass is 387 g/mol. The Morgan fingerprint density at radius 2 is 1.90 bits per heavy atom. The van der Waals surface area contributed by atoms with Crippen molar-refractivity contribution in [3.63, 3.8) is 0 Å². The van der Waals surface area contributed by atoms with Gasteiger partial charge in [-0.15, -0.1) is 0 Å². The van der Waals surface area contributed by atoms with E-state index in [1.165, 1.54) is 12.7 Å². The molecule has 0 fully saturated rings. The zero-order valence-corrected chi connectivity index (χ0v) is 16.3. The maximum Gasteiger partial charge on any atom is 0.337 e. The number of amides is 1. The molecule has 1 amide bonds. The van der Waals surface area contributed by atoms with Crippen molar-refractivity contribution in [2.24, 2.45) is 0 Å². The number of hydrogen-bond donors (Lipinski definition) is 1. The Kier molecular flexibility index (Phi) is 4.99. The first kappa shape index (κ1) is 18.7. The minimum atomic E-state index is -0.400. The van der Waals surface area contributed by atoms with Crippen molar-refractivity contribution in [2.45, 2.75) is 19.4 Å². The van der Waals surface area contributed by atoms with E-state index >= 15 is 0 Å². The van der Waals surface area contributed by atoms with E-state index in [9.17, 15) is 9.59 Å². The first-order chi connectivity index (χ1) is 14.1. The van der Waals surface area contributed by atoms with Crippen LogP contribution in [0.15, 0.2) is 66.9 Å². The van der Waals surface area contributed by atoms with Gasteiger partial charge in [0, 0.05) is 23.6 Å². The van der Waals surface area contributed by atoms with Crippen LogP contribution in [-0.2, 0) is 11.2 Å². The van der Waals surface area contributed by atoms with Crippen molar-refractivity contribution in [3.8, 4) is 0 Å². The molecule has 6 nitrogen and oxygen atoms in total. The van der Waals surface area contributed by atoms with Crippen LogP contribution >= 0.6 is 0 Å². The molecule has 29 heavy (non-hydrogen) atoms. The number of pyridine rings is 1. The quantitative estimate of drug-likeness (QED) is 0.679. The van der Waals surface area contributed by atoms with Crippen LogP contribution in [0, 0.1) is 0 Å². The van der Waals surface area contributed by atoms with Gasteiger partial charge in [-0.05, 0) is 55.3 Å². The van der Waals surface area contributed by atoms with E-state index in [0.717, 1.165) is 12.1 Å². The number of nitrogens with zero attached hydrogens (tertiary/aromatic N) is 2. The second-order valence-electron chi connectivity index (χ2n) is 6.99. The molecule has 1 aromatic heterocycles. The fraction of sp³-hybridized carbons (Fsp3) is 0.174. The summed E-state index contributed by atoms with van der Waals surface area (Å²) in [5.41, 5.74) is 3.84. The number of anilines is 3. The summed E-state index contributed by atoms with van der Waals surface area (Å²) in [7, 11) is 1.35. The Bertz CT molecular complexity index is 1060. The maximum absolute atomic E-state index is 13.1. The highest BCUT2D eigenvalue weighted by Crippen LogP contribution is 2.33. The first-order valence-corrected chi connectivity index (χ1v) is 9.40. The standard InChI is InChI=1S/C23H21N3O3/c1-15-12-16-6-3-4-9-20(16)26(15)22(27)18-10-11-21(24-14-18)25-19-8-5-7-17(13-19)23(28)29-2/h3-11,13-15H,12H2,1-2H3,(H,24,25). The van der Waals surface area contributed by atoms with E-state index in [0.29, 0.717) is 22.6 Å². The molecule has 0 aliphatic carbocycles. The van der Waals surface area contributed by atoms with Crippen molar-refractivity contribution in [3.05, 3.63) is 83.6 Å². The number of carbonyl (C=O) groups is 2. The highest BCUT2D eigenvalue weighted by atomic mass is 16.5. The zero-order valence-electron chi connectivity index (χ0n) is 16.3. The van der Waals surface area contributed by atoms with Crippen LogP contribution in [0.3, 0.4) is 0 Å². The van der Waals surface area contributed by atoms with Crippen LogP contribution in [0.4, 0.5) is 17.2 Å². The van der Waals surface area contributed by atoms with Crippen LogP contribution in [0.1, 0.15) is 33.2 Å². The van der Waals surface area contributed by atoms with Crippen molar-refractivity contribution in [2.75, 3.05) is 17.3 Å². The van der Waals surface area contributed by atoms with Gasteiger partial charge in [0.2, 0.25) is 0 Å². The molecule has 1 N–H and O–H groups in total. The third-order valence-electron chi connectivity index (χ3n) is 4.99. The van der Waals surface area contributed by atoms with Gasteiger partial charge in [-0.3, -0.25) is 4.79 Å². The molecular weight excluding hydrogens is 366 g/mol. The SMILES string of the molecule is COC(=O)c1cccc(Nc2ccc(C(=O)N3c4ccccc4CC3C)cn2)c1. The first-order valence-electron chi connectivity index (χ1n) is 9.40. The van der Waals surface area contributed by atoms with E-state index in [1.54, 1.807) is 36.5 Å². The molecule has 2 aromatic carbocycles. The number of carbonyl (C=O) groups excluding carboxylic acids is 2. The lowest BCUT2D eigenvalue weighted by Crippen LogP contribution is -2.35. The third kappa shape index (κ3) is 3.69. The summed E-state index contributed by atoms with van der Waals surface area (Å²) >= 11 is 0. The molecule has 1 aliphatic rings. The molecular formula is C23H21N3O3. The fourth-order valence-electron chi connectivity index (χ4n) is 3.60. The lowest BCUT2D eigenvalue weighted by Gasteiger charge is -2.22. The van der Waals surface area contributed by atoms with E-state index in [4.69, 9.17) is 4.74 Å². The Morgan fingerprint density at radius 3 is 2.66 bits per heavy atom. The number of rotatable bonds is 4. The van der Waals surface area contributed by atoms with Crippen molar-refractivity contribution >= 4 is 29.1 Å². The summed E-state index contributed by atoms with van der Waals surface area (Å²) in [6.45, 7) is 2.05. The van der Waals surface area contributed by atoms with Crippen molar-refractivity contribution in [1.82, 2.24) is 4.98 Å². The summed E-state index contributed by atoms with van der Waals surface area (Å²) in [6, 6.07) is 18.6. The molecule has 4 rings (SSSR count). The number of aromatic nitrogens is 1. The van der Waals surface area contributed by atoms with E-state index in [1.807, 2.05) is 29.2 Å². The summed E-state index contributed by atoms with van der Waals surface area (Å²) in [5.74, 6) is 0.121. The van der Waals surface area contributed by atoms with Crippen LogP contribution < -0.4 is 10.2 Å².